The average Bonchev–Trinajstić information content (AvgIpc) is 3.25. The zero-order valence-corrected chi connectivity index (χ0v) is 16.5. The predicted molar refractivity (Wildman–Crippen MR) is 106 cm³/mol. The van der Waals surface area contributed by atoms with E-state index in [1.165, 1.54) is 31.0 Å². The third-order valence-electron chi connectivity index (χ3n) is 5.27. The van der Waals surface area contributed by atoms with Gasteiger partial charge in [-0.3, -0.25) is 4.79 Å². The summed E-state index contributed by atoms with van der Waals surface area (Å²) >= 11 is 1.40. The van der Waals surface area contributed by atoms with Crippen molar-refractivity contribution in [3.63, 3.8) is 0 Å². The Bertz CT molecular complexity index is 916. The van der Waals surface area contributed by atoms with Gasteiger partial charge in [-0.25, -0.2) is 0 Å². The number of nitrogens with zero attached hydrogens (tertiary/aromatic N) is 3. The van der Waals surface area contributed by atoms with Crippen molar-refractivity contribution in [1.29, 1.82) is 0 Å². The smallest absolute Gasteiger partial charge is 0.230 e. The molecule has 6 nitrogen and oxygen atoms in total. The molecule has 27 heavy (non-hydrogen) atoms. The van der Waals surface area contributed by atoms with Crippen LogP contribution in [0.25, 0.3) is 22.6 Å². The van der Waals surface area contributed by atoms with Crippen molar-refractivity contribution in [2.24, 2.45) is 13.0 Å². The highest BCUT2D eigenvalue weighted by molar-refractivity contribution is 7.99. The molecule has 2 aromatic heterocycles. The fraction of sp³-hybridized carbons (Fsp3) is 0.450. The molecule has 1 aliphatic rings. The predicted octanol–water partition coefficient (Wildman–Crippen LogP) is 4.02. The van der Waals surface area contributed by atoms with Gasteiger partial charge in [0.2, 0.25) is 5.91 Å². The Morgan fingerprint density at radius 1 is 1.30 bits per heavy atom. The van der Waals surface area contributed by atoms with E-state index in [-0.39, 0.29) is 5.91 Å². The Balaban J connectivity index is 1.41. The zero-order valence-electron chi connectivity index (χ0n) is 15.6. The second kappa shape index (κ2) is 7.76. The van der Waals surface area contributed by atoms with Crippen molar-refractivity contribution in [2.75, 3.05) is 5.75 Å². The number of furan rings is 1. The first kappa shape index (κ1) is 18.1. The van der Waals surface area contributed by atoms with Gasteiger partial charge in [0, 0.05) is 18.5 Å². The molecular formula is C20H24N4O2S. The molecule has 1 fully saturated rings. The zero-order chi connectivity index (χ0) is 18.8. The maximum absolute atomic E-state index is 12.3. The van der Waals surface area contributed by atoms with E-state index in [9.17, 15) is 4.79 Å². The van der Waals surface area contributed by atoms with Crippen molar-refractivity contribution in [1.82, 2.24) is 20.1 Å². The molecule has 0 spiro atoms. The molecule has 7 heteroatoms. The largest absolute Gasteiger partial charge is 0.453 e. The summed E-state index contributed by atoms with van der Waals surface area (Å²) < 4.78 is 7.75. The maximum atomic E-state index is 12.3. The van der Waals surface area contributed by atoms with Crippen LogP contribution in [0.3, 0.4) is 0 Å². The summed E-state index contributed by atoms with van der Waals surface area (Å²) in [5.74, 6) is 2.30. The van der Waals surface area contributed by atoms with Gasteiger partial charge >= 0.3 is 0 Å². The van der Waals surface area contributed by atoms with E-state index in [0.29, 0.717) is 34.5 Å². The number of thioether (sulfide) groups is 1. The summed E-state index contributed by atoms with van der Waals surface area (Å²) in [5.41, 5.74) is 0.825. The molecule has 0 radical (unpaired) electrons. The van der Waals surface area contributed by atoms with E-state index in [0.717, 1.165) is 17.4 Å². The first-order valence-corrected chi connectivity index (χ1v) is 10.4. The molecule has 0 saturated heterocycles. The number of hydrogen-bond acceptors (Lipinski definition) is 5. The highest BCUT2D eigenvalue weighted by Crippen LogP contribution is 2.28. The van der Waals surface area contributed by atoms with Crippen LogP contribution in [0.2, 0.25) is 0 Å². The van der Waals surface area contributed by atoms with Crippen LogP contribution in [0, 0.1) is 5.92 Å². The number of carbonyl (C=O) groups excluding carboxylic acids is 1. The van der Waals surface area contributed by atoms with E-state index in [4.69, 9.17) is 4.42 Å². The molecule has 4 rings (SSSR count). The molecule has 142 valence electrons. The summed E-state index contributed by atoms with van der Waals surface area (Å²) in [4.78, 5) is 12.3. The number of amides is 1. The number of fused-ring (bicyclic) bond motifs is 1. The molecule has 1 saturated carbocycles. The molecule has 1 aromatic carbocycles. The van der Waals surface area contributed by atoms with Gasteiger partial charge < -0.3 is 14.3 Å². The molecule has 0 aliphatic heterocycles. The fourth-order valence-corrected chi connectivity index (χ4v) is 4.38. The van der Waals surface area contributed by atoms with Gasteiger partial charge in [0.1, 0.15) is 5.58 Å². The molecule has 0 bridgehead atoms. The van der Waals surface area contributed by atoms with Gasteiger partial charge in [-0.05, 0) is 30.9 Å². The van der Waals surface area contributed by atoms with Gasteiger partial charge in [-0.2, -0.15) is 0 Å². The second-order valence-corrected chi connectivity index (χ2v) is 8.18. The van der Waals surface area contributed by atoms with Gasteiger partial charge in [0.25, 0.3) is 0 Å². The first-order chi connectivity index (χ1) is 13.1. The average molecular weight is 385 g/mol. The minimum Gasteiger partial charge on any atom is -0.453 e. The Hall–Kier alpha value is -2.28. The number of hydrogen-bond donors (Lipinski definition) is 1. The van der Waals surface area contributed by atoms with Crippen molar-refractivity contribution >= 4 is 28.6 Å². The summed E-state index contributed by atoms with van der Waals surface area (Å²) in [5, 5.41) is 13.4. The number of nitrogens with one attached hydrogen (secondary N) is 1. The van der Waals surface area contributed by atoms with Crippen LogP contribution in [-0.2, 0) is 11.8 Å². The van der Waals surface area contributed by atoms with Crippen LogP contribution >= 0.6 is 11.8 Å². The van der Waals surface area contributed by atoms with Crippen molar-refractivity contribution in [3.05, 3.63) is 30.3 Å². The summed E-state index contributed by atoms with van der Waals surface area (Å²) in [6, 6.07) is 10.1. The Labute approximate surface area is 162 Å². The van der Waals surface area contributed by atoms with Gasteiger partial charge in [-0.15, -0.1) is 10.2 Å². The van der Waals surface area contributed by atoms with Crippen molar-refractivity contribution < 1.29 is 9.21 Å². The lowest BCUT2D eigenvalue weighted by Gasteiger charge is -2.29. The van der Waals surface area contributed by atoms with E-state index < -0.39 is 0 Å². The minimum atomic E-state index is 0.0621. The van der Waals surface area contributed by atoms with Crippen molar-refractivity contribution in [3.8, 4) is 11.6 Å². The molecule has 1 aliphatic carbocycles. The van der Waals surface area contributed by atoms with Gasteiger partial charge in [0.15, 0.2) is 16.7 Å². The summed E-state index contributed by atoms with van der Waals surface area (Å²) in [6.07, 6.45) is 4.75. The van der Waals surface area contributed by atoms with Crippen molar-refractivity contribution in [2.45, 2.75) is 43.8 Å². The van der Waals surface area contributed by atoms with Gasteiger partial charge in [-0.1, -0.05) is 49.7 Å². The number of carbonyl (C=O) groups is 1. The van der Waals surface area contributed by atoms with Crippen LogP contribution < -0.4 is 5.32 Å². The van der Waals surface area contributed by atoms with E-state index >= 15 is 0 Å². The topological polar surface area (TPSA) is 73.0 Å². The SMILES string of the molecule is CC1CCCCC1NC(=O)CSc1nnc(-c2cc3ccccc3o2)n1C. The van der Waals surface area contributed by atoms with Gasteiger partial charge in [0.05, 0.1) is 5.75 Å². The molecule has 1 N–H and O–H groups in total. The summed E-state index contributed by atoms with van der Waals surface area (Å²) in [7, 11) is 1.89. The van der Waals surface area contributed by atoms with E-state index in [1.54, 1.807) is 0 Å². The normalized spacial score (nSPS) is 20.1. The van der Waals surface area contributed by atoms with E-state index in [1.807, 2.05) is 41.9 Å². The standard InChI is InChI=1S/C20H24N4O2S/c1-13-7-3-5-9-15(13)21-18(25)12-27-20-23-22-19(24(20)2)17-11-14-8-4-6-10-16(14)26-17/h4,6,8,10-11,13,15H,3,5,7,9,12H2,1-2H3,(H,21,25). The highest BCUT2D eigenvalue weighted by Gasteiger charge is 2.23. The highest BCUT2D eigenvalue weighted by atomic mass is 32.2. The lowest BCUT2D eigenvalue weighted by atomic mass is 9.86. The summed E-state index contributed by atoms with van der Waals surface area (Å²) in [6.45, 7) is 2.22. The second-order valence-electron chi connectivity index (χ2n) is 7.24. The lowest BCUT2D eigenvalue weighted by Crippen LogP contribution is -2.41. The molecule has 2 unspecified atom stereocenters. The minimum absolute atomic E-state index is 0.0621. The first-order valence-electron chi connectivity index (χ1n) is 9.42. The fourth-order valence-electron chi connectivity index (χ4n) is 3.66. The van der Waals surface area contributed by atoms with Crippen LogP contribution in [-0.4, -0.2) is 32.5 Å². The lowest BCUT2D eigenvalue weighted by molar-refractivity contribution is -0.119. The molecule has 3 aromatic rings. The number of benzene rings is 1. The molecular weight excluding hydrogens is 360 g/mol. The molecule has 2 heterocycles. The molecule has 2 atom stereocenters. The quantitative estimate of drug-likeness (QED) is 0.673. The van der Waals surface area contributed by atoms with Crippen LogP contribution in [0.5, 0.6) is 0 Å². The molecule has 1 amide bonds. The third kappa shape index (κ3) is 3.88. The van der Waals surface area contributed by atoms with Crippen LogP contribution in [0.4, 0.5) is 0 Å². The van der Waals surface area contributed by atoms with Crippen LogP contribution in [0.1, 0.15) is 32.6 Å². The monoisotopic (exact) mass is 384 g/mol. The Kier molecular flexibility index (Phi) is 5.20. The third-order valence-corrected chi connectivity index (χ3v) is 6.29. The van der Waals surface area contributed by atoms with E-state index in [2.05, 4.69) is 22.4 Å². The van der Waals surface area contributed by atoms with Crippen LogP contribution in [0.15, 0.2) is 39.9 Å². The Morgan fingerprint density at radius 2 is 2.11 bits per heavy atom. The maximum Gasteiger partial charge on any atom is 0.230 e. The number of aromatic nitrogens is 3. The Morgan fingerprint density at radius 3 is 2.93 bits per heavy atom. The number of rotatable bonds is 5. The number of para-hydroxylation sites is 1.